The molecule has 138 valence electrons. The Morgan fingerprint density at radius 3 is 2.26 bits per heavy atom. The average Bonchev–Trinajstić information content (AvgIpc) is 2.67. The Morgan fingerprint density at radius 1 is 0.926 bits per heavy atom. The molecule has 4 heteroatoms. The minimum atomic E-state index is -0.204. The van der Waals surface area contributed by atoms with Gasteiger partial charge < -0.3 is 10.6 Å². The van der Waals surface area contributed by atoms with Gasteiger partial charge in [0, 0.05) is 17.6 Å². The molecule has 1 heterocycles. The first-order valence-corrected chi connectivity index (χ1v) is 9.18. The van der Waals surface area contributed by atoms with Gasteiger partial charge in [0.2, 0.25) is 0 Å². The fraction of sp³-hybridized carbons (Fsp3) is 0.217. The number of benzene rings is 2. The molecule has 0 radical (unpaired) electrons. The SMILES string of the molecule is Cc1cc(-c2ccc(NC(=O)NC(c3ccccc3)C(C)C)cc2)ccn1. The number of carbonyl (C=O) groups excluding carboxylic acids is 1. The van der Waals surface area contributed by atoms with E-state index in [1.807, 2.05) is 73.7 Å². The highest BCUT2D eigenvalue weighted by molar-refractivity contribution is 5.89. The van der Waals surface area contributed by atoms with E-state index >= 15 is 0 Å². The van der Waals surface area contributed by atoms with Gasteiger partial charge in [-0.05, 0) is 53.8 Å². The third kappa shape index (κ3) is 4.94. The average molecular weight is 359 g/mol. The molecule has 0 saturated heterocycles. The van der Waals surface area contributed by atoms with Gasteiger partial charge in [-0.2, -0.15) is 0 Å². The van der Waals surface area contributed by atoms with E-state index in [1.165, 1.54) is 0 Å². The number of anilines is 1. The smallest absolute Gasteiger partial charge is 0.319 e. The van der Waals surface area contributed by atoms with Gasteiger partial charge in [0.05, 0.1) is 6.04 Å². The first kappa shape index (κ1) is 18.6. The number of aryl methyl sites for hydroxylation is 1. The third-order valence-electron chi connectivity index (χ3n) is 4.48. The molecule has 27 heavy (non-hydrogen) atoms. The van der Waals surface area contributed by atoms with Gasteiger partial charge in [-0.1, -0.05) is 56.3 Å². The summed E-state index contributed by atoms with van der Waals surface area (Å²) in [5.74, 6) is 0.287. The maximum Gasteiger partial charge on any atom is 0.319 e. The lowest BCUT2D eigenvalue weighted by molar-refractivity contribution is 0.244. The molecule has 0 aliphatic carbocycles. The highest BCUT2D eigenvalue weighted by Gasteiger charge is 2.18. The number of hydrogen-bond donors (Lipinski definition) is 2. The van der Waals surface area contributed by atoms with Gasteiger partial charge in [-0.3, -0.25) is 4.98 Å². The van der Waals surface area contributed by atoms with Crippen LogP contribution in [0.25, 0.3) is 11.1 Å². The fourth-order valence-electron chi connectivity index (χ4n) is 3.07. The van der Waals surface area contributed by atoms with Crippen molar-refractivity contribution in [1.29, 1.82) is 0 Å². The van der Waals surface area contributed by atoms with Crippen LogP contribution in [0.15, 0.2) is 72.9 Å². The largest absolute Gasteiger partial charge is 0.331 e. The molecule has 0 fully saturated rings. The molecule has 1 atom stereocenters. The Balaban J connectivity index is 1.67. The van der Waals surface area contributed by atoms with Crippen molar-refractivity contribution < 1.29 is 4.79 Å². The molecule has 4 nitrogen and oxygen atoms in total. The Bertz CT molecular complexity index is 889. The van der Waals surface area contributed by atoms with Crippen LogP contribution in [0, 0.1) is 12.8 Å². The van der Waals surface area contributed by atoms with Gasteiger partial charge in [0.25, 0.3) is 0 Å². The quantitative estimate of drug-likeness (QED) is 0.625. The minimum Gasteiger partial charge on any atom is -0.331 e. The number of nitrogens with one attached hydrogen (secondary N) is 2. The molecule has 0 saturated carbocycles. The van der Waals surface area contributed by atoms with Gasteiger partial charge in [-0.15, -0.1) is 0 Å². The molecule has 0 aliphatic rings. The summed E-state index contributed by atoms with van der Waals surface area (Å²) in [6.45, 7) is 6.18. The molecule has 2 N–H and O–H groups in total. The van der Waals surface area contributed by atoms with Crippen molar-refractivity contribution in [2.75, 3.05) is 5.32 Å². The van der Waals surface area contributed by atoms with Crippen molar-refractivity contribution in [1.82, 2.24) is 10.3 Å². The molecule has 3 rings (SSSR count). The van der Waals surface area contributed by atoms with Crippen LogP contribution in [0.3, 0.4) is 0 Å². The van der Waals surface area contributed by atoms with Crippen molar-refractivity contribution in [2.24, 2.45) is 5.92 Å². The maximum absolute atomic E-state index is 12.5. The van der Waals surface area contributed by atoms with Crippen LogP contribution in [-0.2, 0) is 0 Å². The molecule has 1 aromatic heterocycles. The van der Waals surface area contributed by atoms with E-state index in [4.69, 9.17) is 0 Å². The zero-order valence-electron chi connectivity index (χ0n) is 15.9. The topological polar surface area (TPSA) is 54.0 Å². The molecular weight excluding hydrogens is 334 g/mol. The van der Waals surface area contributed by atoms with Crippen LogP contribution in [0.2, 0.25) is 0 Å². The number of carbonyl (C=O) groups is 1. The number of rotatable bonds is 5. The van der Waals surface area contributed by atoms with E-state index < -0.39 is 0 Å². The van der Waals surface area contributed by atoms with E-state index in [0.717, 1.165) is 28.1 Å². The van der Waals surface area contributed by atoms with Crippen molar-refractivity contribution in [3.63, 3.8) is 0 Å². The van der Waals surface area contributed by atoms with E-state index in [0.29, 0.717) is 0 Å². The predicted octanol–water partition coefficient (Wildman–Crippen LogP) is 5.58. The molecule has 0 spiro atoms. The summed E-state index contributed by atoms with van der Waals surface area (Å²) in [4.78, 5) is 16.7. The van der Waals surface area contributed by atoms with Crippen LogP contribution in [0.4, 0.5) is 10.5 Å². The second kappa shape index (κ2) is 8.49. The maximum atomic E-state index is 12.5. The molecule has 3 aromatic rings. The van der Waals surface area contributed by atoms with Gasteiger partial charge in [0.1, 0.15) is 0 Å². The minimum absolute atomic E-state index is 0.0368. The lowest BCUT2D eigenvalue weighted by Gasteiger charge is -2.23. The van der Waals surface area contributed by atoms with E-state index in [1.54, 1.807) is 6.20 Å². The first-order chi connectivity index (χ1) is 13.0. The third-order valence-corrected chi connectivity index (χ3v) is 4.48. The lowest BCUT2D eigenvalue weighted by Crippen LogP contribution is -2.35. The molecule has 0 aliphatic heterocycles. The molecule has 2 amide bonds. The lowest BCUT2D eigenvalue weighted by atomic mass is 9.96. The highest BCUT2D eigenvalue weighted by atomic mass is 16.2. The van der Waals surface area contributed by atoms with Crippen molar-refractivity contribution in [2.45, 2.75) is 26.8 Å². The predicted molar refractivity (Wildman–Crippen MR) is 111 cm³/mol. The number of urea groups is 1. The monoisotopic (exact) mass is 359 g/mol. The summed E-state index contributed by atoms with van der Waals surface area (Å²) in [5, 5.41) is 6.00. The number of hydrogen-bond acceptors (Lipinski definition) is 2. The van der Waals surface area contributed by atoms with Gasteiger partial charge in [0.15, 0.2) is 0 Å². The van der Waals surface area contributed by atoms with Crippen molar-refractivity contribution in [3.8, 4) is 11.1 Å². The Hall–Kier alpha value is -3.14. The van der Waals surface area contributed by atoms with Crippen molar-refractivity contribution >= 4 is 11.7 Å². The molecule has 2 aromatic carbocycles. The van der Waals surface area contributed by atoms with Gasteiger partial charge >= 0.3 is 6.03 Å². The zero-order valence-corrected chi connectivity index (χ0v) is 15.9. The first-order valence-electron chi connectivity index (χ1n) is 9.18. The van der Waals surface area contributed by atoms with Crippen LogP contribution in [-0.4, -0.2) is 11.0 Å². The van der Waals surface area contributed by atoms with E-state index in [9.17, 15) is 4.79 Å². The Kier molecular flexibility index (Phi) is 5.87. The van der Waals surface area contributed by atoms with Crippen LogP contribution in [0.5, 0.6) is 0 Å². The van der Waals surface area contributed by atoms with Crippen molar-refractivity contribution in [3.05, 3.63) is 84.2 Å². The summed E-state index contributed by atoms with van der Waals surface area (Å²) < 4.78 is 0. The number of pyridine rings is 1. The Morgan fingerprint density at radius 2 is 1.63 bits per heavy atom. The highest BCUT2D eigenvalue weighted by Crippen LogP contribution is 2.23. The summed E-state index contributed by atoms with van der Waals surface area (Å²) in [6.07, 6.45) is 1.81. The number of aromatic nitrogens is 1. The normalized spacial score (nSPS) is 11.9. The molecule has 0 bridgehead atoms. The summed E-state index contributed by atoms with van der Waals surface area (Å²) in [6, 6.07) is 21.7. The molecule has 1 unspecified atom stereocenters. The summed E-state index contributed by atoms with van der Waals surface area (Å²) >= 11 is 0. The fourth-order valence-corrected chi connectivity index (χ4v) is 3.07. The second-order valence-electron chi connectivity index (χ2n) is 6.99. The number of nitrogens with zero attached hydrogens (tertiary/aromatic N) is 1. The Labute approximate surface area is 160 Å². The summed E-state index contributed by atoms with van der Waals surface area (Å²) in [5.41, 5.74) is 5.05. The van der Waals surface area contributed by atoms with E-state index in [-0.39, 0.29) is 18.0 Å². The number of amides is 2. The standard InChI is InChI=1S/C23H25N3O/c1-16(2)22(19-7-5-4-6-8-19)26-23(27)25-21-11-9-18(10-12-21)20-13-14-24-17(3)15-20/h4-16,22H,1-3H3,(H2,25,26,27). The zero-order chi connectivity index (χ0) is 19.2. The van der Waals surface area contributed by atoms with Crippen LogP contribution < -0.4 is 10.6 Å². The van der Waals surface area contributed by atoms with Gasteiger partial charge in [-0.25, -0.2) is 4.79 Å². The van der Waals surface area contributed by atoms with E-state index in [2.05, 4.69) is 29.5 Å². The van der Waals surface area contributed by atoms with Crippen LogP contribution >= 0.6 is 0 Å². The second-order valence-corrected chi connectivity index (χ2v) is 6.99. The summed E-state index contributed by atoms with van der Waals surface area (Å²) in [7, 11) is 0. The molecular formula is C23H25N3O. The van der Waals surface area contributed by atoms with Crippen LogP contribution in [0.1, 0.15) is 31.1 Å².